The van der Waals surface area contributed by atoms with Gasteiger partial charge in [0.25, 0.3) is 6.33 Å². The van der Waals surface area contributed by atoms with Crippen molar-refractivity contribution in [3.63, 3.8) is 0 Å². The molecule has 0 aromatic carbocycles. The largest absolute Gasteiger partial charge is 1.00 e. The van der Waals surface area contributed by atoms with Gasteiger partial charge in [0.15, 0.2) is 0 Å². The normalized spacial score (nSPS) is 24.3. The lowest BCUT2D eigenvalue weighted by molar-refractivity contribution is -0.670. The Kier molecular flexibility index (Phi) is 4.97. The van der Waals surface area contributed by atoms with Gasteiger partial charge in [-0.1, -0.05) is 6.92 Å². The first-order valence-electron chi connectivity index (χ1n) is 5.94. The Balaban J connectivity index is 0.00000144. The first kappa shape index (κ1) is 14.5. The number of hydrogen-bond acceptors (Lipinski definition) is 1. The molecule has 1 fully saturated rings. The van der Waals surface area contributed by atoms with Crippen LogP contribution in [0.15, 0.2) is 18.7 Å². The molecule has 0 bridgehead atoms. The summed E-state index contributed by atoms with van der Waals surface area (Å²) in [4.78, 5) is 14.2. The van der Waals surface area contributed by atoms with Crippen molar-refractivity contribution in [2.24, 2.45) is 13.0 Å². The Labute approximate surface area is 120 Å². The number of aryl methyl sites for hydroxylation is 1. The number of piperidine rings is 1. The summed E-state index contributed by atoms with van der Waals surface area (Å²) in [5, 5.41) is 0. The van der Waals surface area contributed by atoms with Crippen LogP contribution in [-0.2, 0) is 7.05 Å². The first-order valence-corrected chi connectivity index (χ1v) is 5.94. The third kappa shape index (κ3) is 3.00. The molecule has 96 valence electrons. The van der Waals surface area contributed by atoms with Crippen LogP contribution < -0.4 is 28.5 Å². The highest BCUT2D eigenvalue weighted by Crippen LogP contribution is 2.23. The van der Waals surface area contributed by atoms with E-state index in [1.165, 1.54) is 6.42 Å². The molecule has 1 aliphatic heterocycles. The van der Waals surface area contributed by atoms with Gasteiger partial charge in [-0.3, -0.25) is 0 Å². The molecular weight excluding hydrogens is 329 g/mol. The molecule has 0 radical (unpaired) electrons. The number of nitrogens with zero attached hydrogens (tertiary/aromatic N) is 3. The van der Waals surface area contributed by atoms with Crippen LogP contribution in [0.1, 0.15) is 26.7 Å². The second-order valence-corrected chi connectivity index (χ2v) is 4.82. The van der Waals surface area contributed by atoms with Crippen molar-refractivity contribution < 1.29 is 33.3 Å². The zero-order valence-electron chi connectivity index (χ0n) is 10.6. The molecule has 2 rings (SSSR count). The average Bonchev–Trinajstić information content (AvgIpc) is 2.68. The maximum Gasteiger partial charge on any atom is 0.416 e. The molecule has 17 heavy (non-hydrogen) atoms. The van der Waals surface area contributed by atoms with Crippen LogP contribution in [0.2, 0.25) is 0 Å². The number of likely N-dealkylation sites (tertiary alicyclic amines) is 1. The van der Waals surface area contributed by atoms with Gasteiger partial charge in [-0.05, 0) is 25.7 Å². The molecule has 2 heterocycles. The lowest BCUT2D eigenvalue weighted by Crippen LogP contribution is -3.00. The molecule has 1 amide bonds. The molecule has 1 aliphatic rings. The molecule has 0 N–H and O–H groups in total. The number of rotatable bonds is 0. The van der Waals surface area contributed by atoms with Crippen molar-refractivity contribution in [1.82, 2.24) is 9.47 Å². The summed E-state index contributed by atoms with van der Waals surface area (Å²) in [6.07, 6.45) is 7.85. The Morgan fingerprint density at radius 3 is 2.71 bits per heavy atom. The van der Waals surface area contributed by atoms with Gasteiger partial charge in [0, 0.05) is 12.6 Å². The molecule has 5 heteroatoms. The fourth-order valence-electron chi connectivity index (χ4n) is 2.32. The molecule has 1 saturated heterocycles. The number of aromatic nitrogens is 2. The number of amides is 1. The van der Waals surface area contributed by atoms with E-state index in [0.29, 0.717) is 12.0 Å². The fourth-order valence-corrected chi connectivity index (χ4v) is 2.32. The van der Waals surface area contributed by atoms with Crippen molar-refractivity contribution in [2.45, 2.75) is 32.7 Å². The lowest BCUT2D eigenvalue weighted by atomic mass is 9.92. The molecule has 1 aromatic heterocycles. The highest BCUT2D eigenvalue weighted by atomic mass is 127. The average molecular weight is 349 g/mol. The molecule has 0 saturated carbocycles. The Hall–Kier alpha value is -0.590. The van der Waals surface area contributed by atoms with Crippen molar-refractivity contribution >= 4 is 6.03 Å². The molecule has 0 spiro atoms. The predicted molar refractivity (Wildman–Crippen MR) is 61.0 cm³/mol. The zero-order valence-corrected chi connectivity index (χ0v) is 12.8. The maximum atomic E-state index is 12.2. The summed E-state index contributed by atoms with van der Waals surface area (Å²) in [5.41, 5.74) is 0. The molecular formula is C12H20IN3O. The van der Waals surface area contributed by atoms with Crippen LogP contribution in [0.4, 0.5) is 4.79 Å². The van der Waals surface area contributed by atoms with Gasteiger partial charge >= 0.3 is 6.03 Å². The van der Waals surface area contributed by atoms with Gasteiger partial charge in [-0.2, -0.15) is 4.57 Å². The van der Waals surface area contributed by atoms with E-state index in [9.17, 15) is 4.79 Å². The second kappa shape index (κ2) is 5.84. The third-order valence-electron chi connectivity index (χ3n) is 3.61. The third-order valence-corrected chi connectivity index (χ3v) is 3.61. The number of halogens is 1. The van der Waals surface area contributed by atoms with Crippen LogP contribution in [0.25, 0.3) is 0 Å². The number of hydrogen-bond donors (Lipinski definition) is 0. The van der Waals surface area contributed by atoms with Crippen LogP contribution >= 0.6 is 0 Å². The van der Waals surface area contributed by atoms with Crippen molar-refractivity contribution in [3.05, 3.63) is 18.7 Å². The minimum Gasteiger partial charge on any atom is -1.00 e. The van der Waals surface area contributed by atoms with E-state index >= 15 is 0 Å². The monoisotopic (exact) mass is 349 g/mol. The summed E-state index contributed by atoms with van der Waals surface area (Å²) >= 11 is 0. The minimum atomic E-state index is 0. The molecule has 1 aromatic rings. The summed E-state index contributed by atoms with van der Waals surface area (Å²) in [5.74, 6) is 0.599. The van der Waals surface area contributed by atoms with Gasteiger partial charge in [0.2, 0.25) is 0 Å². The van der Waals surface area contributed by atoms with Crippen molar-refractivity contribution in [3.8, 4) is 0 Å². The number of carbonyl (C=O) groups is 1. The van der Waals surface area contributed by atoms with Crippen LogP contribution in [0.3, 0.4) is 0 Å². The van der Waals surface area contributed by atoms with Gasteiger partial charge in [-0.25, -0.2) is 9.36 Å². The van der Waals surface area contributed by atoms with Gasteiger partial charge in [0.1, 0.15) is 12.4 Å². The van der Waals surface area contributed by atoms with E-state index in [-0.39, 0.29) is 30.0 Å². The number of carbonyl (C=O) groups excluding carboxylic acids is 1. The SMILES string of the molecule is CC1CCCN(C(=O)n2cc[n+](C)c2)C1C.[I-]. The summed E-state index contributed by atoms with van der Waals surface area (Å²) < 4.78 is 3.55. The van der Waals surface area contributed by atoms with E-state index in [2.05, 4.69) is 13.8 Å². The zero-order chi connectivity index (χ0) is 11.7. The molecule has 2 atom stereocenters. The Morgan fingerprint density at radius 2 is 2.12 bits per heavy atom. The molecule has 4 nitrogen and oxygen atoms in total. The van der Waals surface area contributed by atoms with Crippen LogP contribution in [0.5, 0.6) is 0 Å². The van der Waals surface area contributed by atoms with Gasteiger partial charge in [-0.15, -0.1) is 0 Å². The summed E-state index contributed by atoms with van der Waals surface area (Å²) in [6.45, 7) is 5.25. The van der Waals surface area contributed by atoms with Crippen molar-refractivity contribution in [1.29, 1.82) is 0 Å². The second-order valence-electron chi connectivity index (χ2n) is 4.82. The van der Waals surface area contributed by atoms with E-state index < -0.39 is 0 Å². The van der Waals surface area contributed by atoms with E-state index in [0.717, 1.165) is 13.0 Å². The molecule has 2 unspecified atom stereocenters. The summed E-state index contributed by atoms with van der Waals surface area (Å²) in [6, 6.07) is 0.439. The van der Waals surface area contributed by atoms with Crippen LogP contribution in [0, 0.1) is 5.92 Å². The van der Waals surface area contributed by atoms with E-state index in [4.69, 9.17) is 0 Å². The Morgan fingerprint density at radius 1 is 1.41 bits per heavy atom. The summed E-state index contributed by atoms with van der Waals surface area (Å²) in [7, 11) is 1.92. The quantitative estimate of drug-likeness (QED) is 0.410. The molecule has 0 aliphatic carbocycles. The highest BCUT2D eigenvalue weighted by Gasteiger charge is 2.31. The van der Waals surface area contributed by atoms with Gasteiger partial charge in [0.05, 0.1) is 7.05 Å². The van der Waals surface area contributed by atoms with Gasteiger partial charge < -0.3 is 28.9 Å². The standard InChI is InChI=1S/C12H20N3O.HI/c1-10-5-4-6-15(11(10)2)12(16)14-8-7-13(3)9-14;/h7-11H,4-6H2,1-3H3;1H/q+1;/p-1. The highest BCUT2D eigenvalue weighted by molar-refractivity contribution is 5.76. The topological polar surface area (TPSA) is 29.1 Å². The van der Waals surface area contributed by atoms with E-state index in [1.54, 1.807) is 4.57 Å². The van der Waals surface area contributed by atoms with E-state index in [1.807, 2.05) is 35.2 Å². The van der Waals surface area contributed by atoms with Crippen molar-refractivity contribution in [2.75, 3.05) is 6.54 Å². The lowest BCUT2D eigenvalue weighted by Gasteiger charge is -2.36. The first-order chi connectivity index (χ1) is 7.59. The maximum absolute atomic E-state index is 12.2. The smallest absolute Gasteiger partial charge is 0.416 e. The van der Waals surface area contributed by atoms with Crippen LogP contribution in [-0.4, -0.2) is 28.1 Å². The Bertz CT molecular complexity index is 391. The minimum absolute atomic E-state index is 0. The number of imidazole rings is 1. The fraction of sp³-hybridized carbons (Fsp3) is 0.667. The predicted octanol–water partition coefficient (Wildman–Crippen LogP) is -1.59.